The minimum Gasteiger partial charge on any atom is -0.312 e. The smallest absolute Gasteiger partial charge is 0.227 e. The summed E-state index contributed by atoms with van der Waals surface area (Å²) < 4.78 is 0. The quantitative estimate of drug-likeness (QED) is 0.640. The van der Waals surface area contributed by atoms with Crippen molar-refractivity contribution in [1.29, 1.82) is 0 Å². The van der Waals surface area contributed by atoms with Crippen LogP contribution in [0.1, 0.15) is 63.0 Å². The number of amides is 1. The topological polar surface area (TPSA) is 20.3 Å². The number of halogens is 1. The van der Waals surface area contributed by atoms with Gasteiger partial charge in [-0.1, -0.05) is 67.1 Å². The molecule has 1 amide bonds. The first-order chi connectivity index (χ1) is 11.1. The summed E-state index contributed by atoms with van der Waals surface area (Å²) in [6.45, 7) is 3.04. The second-order valence-electron chi connectivity index (χ2n) is 7.29. The Morgan fingerprint density at radius 1 is 1.30 bits per heavy atom. The molecule has 0 bridgehead atoms. The number of fused-ring (bicyclic) bond motifs is 1. The Morgan fingerprint density at radius 3 is 2.83 bits per heavy atom. The summed E-state index contributed by atoms with van der Waals surface area (Å²) in [4.78, 5) is 15.2. The number of alkyl halides is 1. The molecule has 0 aromatic heterocycles. The minimum atomic E-state index is 0.330. The van der Waals surface area contributed by atoms with E-state index in [4.69, 9.17) is 0 Å². The van der Waals surface area contributed by atoms with Crippen molar-refractivity contribution in [3.05, 3.63) is 29.3 Å². The third-order valence-corrected chi connectivity index (χ3v) is 5.67. The second-order valence-corrected chi connectivity index (χ2v) is 8.85. The number of anilines is 1. The predicted octanol–water partition coefficient (Wildman–Crippen LogP) is 5.26. The standard InChI is InChI=1S/C20H28BrNO/c1-15(21)13-17-7-9-19-18(14-17)11-12-22(19)20(23)10-8-16-5-3-2-4-6-16/h7,9,14-16H,2-6,8,10-13H2,1H3. The molecule has 1 aromatic rings. The summed E-state index contributed by atoms with van der Waals surface area (Å²) in [6.07, 6.45) is 10.6. The first-order valence-corrected chi connectivity index (χ1v) is 10.1. The van der Waals surface area contributed by atoms with Gasteiger partial charge in [0, 0.05) is 23.5 Å². The van der Waals surface area contributed by atoms with Crippen molar-refractivity contribution in [3.8, 4) is 0 Å². The first-order valence-electron chi connectivity index (χ1n) is 9.19. The van der Waals surface area contributed by atoms with Crippen LogP contribution in [0.5, 0.6) is 0 Å². The van der Waals surface area contributed by atoms with Gasteiger partial charge in [-0.2, -0.15) is 0 Å². The summed E-state index contributed by atoms with van der Waals surface area (Å²) >= 11 is 3.62. The molecule has 3 heteroatoms. The zero-order valence-electron chi connectivity index (χ0n) is 14.2. The second kappa shape index (κ2) is 7.83. The highest BCUT2D eigenvalue weighted by Gasteiger charge is 2.25. The fourth-order valence-corrected chi connectivity index (χ4v) is 4.48. The van der Waals surface area contributed by atoms with Crippen molar-refractivity contribution in [1.82, 2.24) is 0 Å². The molecule has 1 atom stereocenters. The molecule has 0 spiro atoms. The molecule has 1 saturated carbocycles. The van der Waals surface area contributed by atoms with Crippen molar-refractivity contribution in [2.45, 2.75) is 69.5 Å². The van der Waals surface area contributed by atoms with E-state index in [2.05, 4.69) is 41.1 Å². The number of nitrogens with zero attached hydrogens (tertiary/aromatic N) is 1. The van der Waals surface area contributed by atoms with Gasteiger partial charge < -0.3 is 4.90 Å². The van der Waals surface area contributed by atoms with Gasteiger partial charge in [0.1, 0.15) is 0 Å². The Hall–Kier alpha value is -0.830. The number of rotatable bonds is 5. The van der Waals surface area contributed by atoms with Crippen LogP contribution >= 0.6 is 15.9 Å². The molecular weight excluding hydrogens is 350 g/mol. The summed E-state index contributed by atoms with van der Waals surface area (Å²) in [5.74, 6) is 1.12. The SMILES string of the molecule is CC(Br)Cc1ccc2c(c1)CCN2C(=O)CCC1CCCCC1. The fourth-order valence-electron chi connectivity index (χ4n) is 4.10. The van der Waals surface area contributed by atoms with Gasteiger partial charge >= 0.3 is 0 Å². The third-order valence-electron chi connectivity index (χ3n) is 5.35. The molecule has 2 aliphatic rings. The average molecular weight is 378 g/mol. The van der Waals surface area contributed by atoms with Crippen molar-refractivity contribution >= 4 is 27.5 Å². The molecular formula is C20H28BrNO. The fraction of sp³-hybridized carbons (Fsp3) is 0.650. The maximum Gasteiger partial charge on any atom is 0.227 e. The van der Waals surface area contributed by atoms with Gasteiger partial charge in [-0.15, -0.1) is 0 Å². The van der Waals surface area contributed by atoms with Crippen molar-refractivity contribution in [2.24, 2.45) is 5.92 Å². The lowest BCUT2D eigenvalue weighted by Gasteiger charge is -2.23. The molecule has 0 saturated heterocycles. The number of benzene rings is 1. The number of carbonyl (C=O) groups excluding carboxylic acids is 1. The Morgan fingerprint density at radius 2 is 2.09 bits per heavy atom. The average Bonchev–Trinajstić information content (AvgIpc) is 2.96. The molecule has 1 aromatic carbocycles. The largest absolute Gasteiger partial charge is 0.312 e. The Bertz CT molecular complexity index is 549. The minimum absolute atomic E-state index is 0.330. The summed E-state index contributed by atoms with van der Waals surface area (Å²) in [6, 6.07) is 6.64. The Kier molecular flexibility index (Phi) is 5.79. The van der Waals surface area contributed by atoms with Gasteiger partial charge in [0.25, 0.3) is 0 Å². The zero-order chi connectivity index (χ0) is 16.2. The third kappa shape index (κ3) is 4.37. The lowest BCUT2D eigenvalue weighted by atomic mass is 9.86. The van der Waals surface area contributed by atoms with Gasteiger partial charge in [0.15, 0.2) is 0 Å². The normalized spacial score (nSPS) is 19.7. The molecule has 2 nitrogen and oxygen atoms in total. The van der Waals surface area contributed by atoms with E-state index in [0.717, 1.165) is 43.8 Å². The molecule has 1 heterocycles. The number of hydrogen-bond acceptors (Lipinski definition) is 1. The number of carbonyl (C=O) groups is 1. The molecule has 3 rings (SSSR count). The van der Waals surface area contributed by atoms with E-state index in [0.29, 0.717) is 10.7 Å². The van der Waals surface area contributed by atoms with Gasteiger partial charge in [0.2, 0.25) is 5.91 Å². The van der Waals surface area contributed by atoms with E-state index in [1.807, 2.05) is 4.90 Å². The highest BCUT2D eigenvalue weighted by atomic mass is 79.9. The predicted molar refractivity (Wildman–Crippen MR) is 100 cm³/mol. The molecule has 1 unspecified atom stereocenters. The Balaban J connectivity index is 1.59. The summed E-state index contributed by atoms with van der Waals surface area (Å²) in [5, 5.41) is 0. The maximum atomic E-state index is 12.6. The van der Waals surface area contributed by atoms with Crippen molar-refractivity contribution < 1.29 is 4.79 Å². The van der Waals surface area contributed by atoms with Crippen LogP contribution in [-0.4, -0.2) is 17.3 Å². The van der Waals surface area contributed by atoms with Gasteiger partial charge in [-0.3, -0.25) is 4.79 Å². The van der Waals surface area contributed by atoms with Crippen molar-refractivity contribution in [2.75, 3.05) is 11.4 Å². The Labute approximate surface area is 148 Å². The molecule has 126 valence electrons. The first kappa shape index (κ1) is 17.0. The van der Waals surface area contributed by atoms with Crippen LogP contribution in [0, 0.1) is 5.92 Å². The van der Waals surface area contributed by atoms with E-state index >= 15 is 0 Å². The molecule has 1 fully saturated rings. The summed E-state index contributed by atoms with van der Waals surface area (Å²) in [7, 11) is 0. The van der Waals surface area contributed by atoms with Crippen LogP contribution in [0.4, 0.5) is 5.69 Å². The highest BCUT2D eigenvalue weighted by molar-refractivity contribution is 9.09. The molecule has 1 aliphatic heterocycles. The zero-order valence-corrected chi connectivity index (χ0v) is 15.8. The molecule has 0 radical (unpaired) electrons. The van der Waals surface area contributed by atoms with Crippen LogP contribution < -0.4 is 4.90 Å². The summed E-state index contributed by atoms with van der Waals surface area (Å²) in [5.41, 5.74) is 3.87. The van der Waals surface area contributed by atoms with Crippen LogP contribution in [-0.2, 0) is 17.6 Å². The van der Waals surface area contributed by atoms with Crippen molar-refractivity contribution in [3.63, 3.8) is 0 Å². The monoisotopic (exact) mass is 377 g/mol. The maximum absolute atomic E-state index is 12.6. The molecule has 0 N–H and O–H groups in total. The van der Waals surface area contributed by atoms with E-state index in [1.54, 1.807) is 0 Å². The van der Waals surface area contributed by atoms with Crippen LogP contribution in [0.25, 0.3) is 0 Å². The van der Waals surface area contributed by atoms with Crippen LogP contribution in [0.2, 0.25) is 0 Å². The van der Waals surface area contributed by atoms with Gasteiger partial charge in [-0.25, -0.2) is 0 Å². The van der Waals surface area contributed by atoms with E-state index in [1.165, 1.54) is 43.2 Å². The van der Waals surface area contributed by atoms with Crippen LogP contribution in [0.3, 0.4) is 0 Å². The molecule has 1 aliphatic carbocycles. The van der Waals surface area contributed by atoms with E-state index in [-0.39, 0.29) is 0 Å². The van der Waals surface area contributed by atoms with Gasteiger partial charge in [-0.05, 0) is 42.4 Å². The lowest BCUT2D eigenvalue weighted by molar-refractivity contribution is -0.118. The lowest BCUT2D eigenvalue weighted by Crippen LogP contribution is -2.29. The van der Waals surface area contributed by atoms with Gasteiger partial charge in [0.05, 0.1) is 0 Å². The molecule has 23 heavy (non-hydrogen) atoms. The van der Waals surface area contributed by atoms with E-state index in [9.17, 15) is 4.79 Å². The van der Waals surface area contributed by atoms with E-state index < -0.39 is 0 Å². The van der Waals surface area contributed by atoms with Crippen LogP contribution in [0.15, 0.2) is 18.2 Å². The highest BCUT2D eigenvalue weighted by Crippen LogP contribution is 2.32. The number of hydrogen-bond donors (Lipinski definition) is 0.